The Labute approximate surface area is 123 Å². The van der Waals surface area contributed by atoms with E-state index in [1.165, 1.54) is 6.92 Å². The first-order chi connectivity index (χ1) is 10.1. The van der Waals surface area contributed by atoms with Gasteiger partial charge in [-0.25, -0.2) is 4.39 Å². The summed E-state index contributed by atoms with van der Waals surface area (Å²) in [6, 6.07) is 2.37. The van der Waals surface area contributed by atoms with E-state index >= 15 is 0 Å². The van der Waals surface area contributed by atoms with E-state index in [2.05, 4.69) is 10.1 Å². The molecule has 0 aromatic heterocycles. The standard InChI is InChI=1S/C13H15F4NO4/c1-7(19)18-5-4-10(20)12(21)8-2-3-11(9(14)6-8)22-13(15,16)17/h2-3,6,10,12,20-21H,4-5H2,1H3,(H,18,19). The van der Waals surface area contributed by atoms with E-state index in [-0.39, 0.29) is 24.4 Å². The lowest BCUT2D eigenvalue weighted by molar-refractivity contribution is -0.275. The molecule has 2 unspecified atom stereocenters. The van der Waals surface area contributed by atoms with Crippen LogP contribution in [-0.2, 0) is 4.79 Å². The molecule has 0 radical (unpaired) electrons. The monoisotopic (exact) mass is 325 g/mol. The molecule has 1 rings (SSSR count). The molecule has 0 bridgehead atoms. The maximum atomic E-state index is 13.5. The average molecular weight is 325 g/mol. The highest BCUT2D eigenvalue weighted by atomic mass is 19.4. The lowest BCUT2D eigenvalue weighted by atomic mass is 10.0. The van der Waals surface area contributed by atoms with Gasteiger partial charge in [0.2, 0.25) is 5.91 Å². The van der Waals surface area contributed by atoms with Gasteiger partial charge in [0.25, 0.3) is 0 Å². The van der Waals surface area contributed by atoms with Crippen LogP contribution in [0.15, 0.2) is 18.2 Å². The van der Waals surface area contributed by atoms with Crippen molar-refractivity contribution in [2.75, 3.05) is 6.54 Å². The van der Waals surface area contributed by atoms with Crippen LogP contribution in [0.1, 0.15) is 25.0 Å². The third kappa shape index (κ3) is 5.86. The molecular formula is C13H15F4NO4. The van der Waals surface area contributed by atoms with Crippen molar-refractivity contribution in [3.8, 4) is 5.75 Å². The van der Waals surface area contributed by atoms with Gasteiger partial charge in [-0.1, -0.05) is 6.07 Å². The zero-order valence-corrected chi connectivity index (χ0v) is 11.5. The Morgan fingerprint density at radius 2 is 2.00 bits per heavy atom. The summed E-state index contributed by atoms with van der Waals surface area (Å²) < 4.78 is 52.9. The number of carbonyl (C=O) groups is 1. The lowest BCUT2D eigenvalue weighted by Crippen LogP contribution is -2.27. The minimum Gasteiger partial charge on any atom is -0.403 e. The van der Waals surface area contributed by atoms with Gasteiger partial charge >= 0.3 is 6.36 Å². The highest BCUT2D eigenvalue weighted by molar-refractivity contribution is 5.72. The van der Waals surface area contributed by atoms with E-state index in [9.17, 15) is 32.6 Å². The van der Waals surface area contributed by atoms with Gasteiger partial charge < -0.3 is 20.3 Å². The van der Waals surface area contributed by atoms with Gasteiger partial charge in [-0.2, -0.15) is 0 Å². The Morgan fingerprint density at radius 1 is 1.36 bits per heavy atom. The normalized spacial score (nSPS) is 14.3. The quantitative estimate of drug-likeness (QED) is 0.695. The summed E-state index contributed by atoms with van der Waals surface area (Å²) in [6.45, 7) is 1.36. The molecule has 1 amide bonds. The molecule has 0 spiro atoms. The van der Waals surface area contributed by atoms with Crippen molar-refractivity contribution >= 4 is 5.91 Å². The Kier molecular flexibility index (Phi) is 6.12. The summed E-state index contributed by atoms with van der Waals surface area (Å²) in [6.07, 6.45) is -7.87. The number of nitrogens with one attached hydrogen (secondary N) is 1. The second-order valence-corrected chi connectivity index (χ2v) is 4.52. The molecule has 0 aliphatic rings. The summed E-state index contributed by atoms with van der Waals surface area (Å²) in [5.41, 5.74) is -0.109. The van der Waals surface area contributed by atoms with Gasteiger partial charge in [-0.05, 0) is 24.1 Å². The Bertz CT molecular complexity index is 521. The van der Waals surface area contributed by atoms with Gasteiger partial charge in [-0.3, -0.25) is 4.79 Å². The number of alkyl halides is 3. The van der Waals surface area contributed by atoms with Crippen molar-refractivity contribution in [1.29, 1.82) is 0 Å². The zero-order chi connectivity index (χ0) is 16.9. The SMILES string of the molecule is CC(=O)NCCC(O)C(O)c1ccc(OC(F)(F)F)c(F)c1. The molecule has 2 atom stereocenters. The van der Waals surface area contributed by atoms with Crippen LogP contribution in [0.5, 0.6) is 5.75 Å². The summed E-state index contributed by atoms with van der Waals surface area (Å²) in [4.78, 5) is 10.7. The van der Waals surface area contributed by atoms with Crippen LogP contribution < -0.4 is 10.1 Å². The predicted octanol–water partition coefficient (Wildman–Crippen LogP) is 1.64. The molecule has 0 aliphatic carbocycles. The van der Waals surface area contributed by atoms with Crippen molar-refractivity contribution in [2.45, 2.75) is 31.9 Å². The summed E-state index contributed by atoms with van der Waals surface area (Å²) in [7, 11) is 0. The summed E-state index contributed by atoms with van der Waals surface area (Å²) in [5, 5.41) is 21.9. The predicted molar refractivity (Wildman–Crippen MR) is 67.4 cm³/mol. The van der Waals surface area contributed by atoms with E-state index in [4.69, 9.17) is 0 Å². The molecule has 124 valence electrons. The Hall–Kier alpha value is -1.87. The summed E-state index contributed by atoms with van der Waals surface area (Å²) >= 11 is 0. The number of halogens is 4. The van der Waals surface area contributed by atoms with Crippen LogP contribution in [-0.4, -0.2) is 35.1 Å². The zero-order valence-electron chi connectivity index (χ0n) is 11.5. The van der Waals surface area contributed by atoms with Crippen LogP contribution in [0.25, 0.3) is 0 Å². The van der Waals surface area contributed by atoms with E-state index in [0.717, 1.165) is 6.07 Å². The highest BCUT2D eigenvalue weighted by Crippen LogP contribution is 2.28. The first-order valence-electron chi connectivity index (χ1n) is 6.26. The molecule has 0 saturated heterocycles. The summed E-state index contributed by atoms with van der Waals surface area (Å²) in [5.74, 6) is -2.67. The number of carbonyl (C=O) groups excluding carboxylic acids is 1. The van der Waals surface area contributed by atoms with Crippen LogP contribution >= 0.6 is 0 Å². The van der Waals surface area contributed by atoms with Crippen molar-refractivity contribution in [3.63, 3.8) is 0 Å². The van der Waals surface area contributed by atoms with Gasteiger partial charge in [-0.15, -0.1) is 13.2 Å². The van der Waals surface area contributed by atoms with E-state index < -0.39 is 30.1 Å². The van der Waals surface area contributed by atoms with Gasteiger partial charge in [0.15, 0.2) is 11.6 Å². The average Bonchev–Trinajstić information content (AvgIpc) is 2.38. The fraction of sp³-hybridized carbons (Fsp3) is 0.462. The highest BCUT2D eigenvalue weighted by Gasteiger charge is 2.32. The molecular weight excluding hydrogens is 310 g/mol. The largest absolute Gasteiger partial charge is 0.573 e. The third-order valence-corrected chi connectivity index (χ3v) is 2.70. The molecule has 0 fully saturated rings. The van der Waals surface area contributed by atoms with Crippen LogP contribution in [0, 0.1) is 5.82 Å². The molecule has 9 heteroatoms. The first-order valence-corrected chi connectivity index (χ1v) is 6.26. The Morgan fingerprint density at radius 3 is 2.50 bits per heavy atom. The van der Waals surface area contributed by atoms with Crippen molar-refractivity contribution < 1.29 is 37.3 Å². The number of rotatable bonds is 6. The minimum absolute atomic E-state index is 0.0107. The van der Waals surface area contributed by atoms with Gasteiger partial charge in [0.05, 0.1) is 6.10 Å². The van der Waals surface area contributed by atoms with Crippen molar-refractivity contribution in [3.05, 3.63) is 29.6 Å². The van der Waals surface area contributed by atoms with E-state index in [1.54, 1.807) is 0 Å². The van der Waals surface area contributed by atoms with Crippen LogP contribution in [0.4, 0.5) is 17.6 Å². The molecule has 5 nitrogen and oxygen atoms in total. The number of ether oxygens (including phenoxy) is 1. The molecule has 1 aromatic carbocycles. The number of aliphatic hydroxyl groups excluding tert-OH is 2. The number of hydrogen-bond donors (Lipinski definition) is 3. The Balaban J connectivity index is 2.72. The molecule has 0 heterocycles. The molecule has 22 heavy (non-hydrogen) atoms. The second-order valence-electron chi connectivity index (χ2n) is 4.52. The number of benzene rings is 1. The topological polar surface area (TPSA) is 78.8 Å². The lowest BCUT2D eigenvalue weighted by Gasteiger charge is -2.19. The minimum atomic E-state index is -5.03. The molecule has 0 aliphatic heterocycles. The number of hydrogen-bond acceptors (Lipinski definition) is 4. The molecule has 1 aromatic rings. The van der Waals surface area contributed by atoms with Gasteiger partial charge in [0, 0.05) is 13.5 Å². The fourth-order valence-electron chi connectivity index (χ4n) is 1.68. The van der Waals surface area contributed by atoms with Crippen LogP contribution in [0.3, 0.4) is 0 Å². The van der Waals surface area contributed by atoms with Crippen molar-refractivity contribution in [1.82, 2.24) is 5.32 Å². The van der Waals surface area contributed by atoms with Crippen molar-refractivity contribution in [2.24, 2.45) is 0 Å². The molecule has 3 N–H and O–H groups in total. The molecule has 0 saturated carbocycles. The third-order valence-electron chi connectivity index (χ3n) is 2.70. The number of amides is 1. The first kappa shape index (κ1) is 18.2. The number of aliphatic hydroxyl groups is 2. The van der Waals surface area contributed by atoms with E-state index in [1.807, 2.05) is 0 Å². The van der Waals surface area contributed by atoms with E-state index in [0.29, 0.717) is 12.1 Å². The maximum Gasteiger partial charge on any atom is 0.573 e. The van der Waals surface area contributed by atoms with Crippen LogP contribution in [0.2, 0.25) is 0 Å². The maximum absolute atomic E-state index is 13.5. The fourth-order valence-corrected chi connectivity index (χ4v) is 1.68. The smallest absolute Gasteiger partial charge is 0.403 e. The van der Waals surface area contributed by atoms with Gasteiger partial charge in [0.1, 0.15) is 6.10 Å². The second kappa shape index (κ2) is 7.41.